The second-order valence-corrected chi connectivity index (χ2v) is 5.65. The van der Waals surface area contributed by atoms with Crippen molar-refractivity contribution in [2.45, 2.75) is 6.92 Å². The molecule has 0 aliphatic rings. The van der Waals surface area contributed by atoms with Gasteiger partial charge in [0.05, 0.1) is 5.71 Å². The summed E-state index contributed by atoms with van der Waals surface area (Å²) in [7, 11) is 0. The van der Waals surface area contributed by atoms with Gasteiger partial charge >= 0.3 is 0 Å². The van der Waals surface area contributed by atoms with E-state index in [9.17, 15) is 0 Å². The third kappa shape index (κ3) is 3.45. The van der Waals surface area contributed by atoms with Crippen LogP contribution < -0.4 is 0 Å². The first-order valence-corrected chi connectivity index (χ1v) is 7.99. The van der Waals surface area contributed by atoms with Gasteiger partial charge in [0.25, 0.3) is 0 Å². The molecule has 3 rings (SSSR count). The molecule has 0 saturated carbocycles. The van der Waals surface area contributed by atoms with Crippen LogP contribution in [-0.2, 0) is 0 Å². The molecule has 0 amide bonds. The smallest absolute Gasteiger partial charge is 0.100 e. The number of benzene rings is 3. The molecule has 0 aromatic heterocycles. The van der Waals surface area contributed by atoms with E-state index in [-0.39, 0.29) is 0 Å². The molecule has 24 heavy (non-hydrogen) atoms. The van der Waals surface area contributed by atoms with Crippen LogP contribution in [0.4, 0.5) is 0 Å². The second-order valence-electron chi connectivity index (χ2n) is 5.65. The van der Waals surface area contributed by atoms with Crippen LogP contribution in [-0.4, -0.2) is 12.3 Å². The number of rotatable bonds is 4. The van der Waals surface area contributed by atoms with Crippen LogP contribution in [0.1, 0.15) is 16.7 Å². The first-order chi connectivity index (χ1) is 11.8. The second kappa shape index (κ2) is 7.44. The number of terminal acetylenes is 1. The third-order valence-electron chi connectivity index (χ3n) is 3.92. The molecular weight excluding hydrogens is 290 g/mol. The zero-order valence-electron chi connectivity index (χ0n) is 13.7. The van der Waals surface area contributed by atoms with Crippen molar-refractivity contribution in [3.63, 3.8) is 0 Å². The Morgan fingerprint density at radius 3 is 2.25 bits per heavy atom. The lowest BCUT2D eigenvalue weighted by Gasteiger charge is -2.13. The highest BCUT2D eigenvalue weighted by Crippen LogP contribution is 2.26. The Balaban J connectivity index is 2.16. The van der Waals surface area contributed by atoms with Crippen molar-refractivity contribution >= 4 is 5.71 Å². The summed E-state index contributed by atoms with van der Waals surface area (Å²) in [6, 6.07) is 27.1. The number of hydrogen-bond acceptors (Lipinski definition) is 1. The van der Waals surface area contributed by atoms with Gasteiger partial charge in [0.1, 0.15) is 6.54 Å². The van der Waals surface area contributed by atoms with E-state index in [4.69, 9.17) is 6.42 Å². The summed E-state index contributed by atoms with van der Waals surface area (Å²) < 4.78 is 0. The Morgan fingerprint density at radius 2 is 1.54 bits per heavy atom. The Morgan fingerprint density at radius 1 is 0.875 bits per heavy atom. The minimum Gasteiger partial charge on any atom is -0.271 e. The van der Waals surface area contributed by atoms with Crippen molar-refractivity contribution < 1.29 is 0 Å². The quantitative estimate of drug-likeness (QED) is 0.468. The summed E-state index contributed by atoms with van der Waals surface area (Å²) in [5.74, 6) is 2.62. The van der Waals surface area contributed by atoms with Gasteiger partial charge < -0.3 is 0 Å². The largest absolute Gasteiger partial charge is 0.271 e. The normalized spacial score (nSPS) is 11.1. The van der Waals surface area contributed by atoms with E-state index in [0.717, 1.165) is 22.4 Å². The zero-order valence-corrected chi connectivity index (χ0v) is 13.7. The molecule has 1 heteroatoms. The number of aliphatic imine (C=N–C) groups is 1. The average Bonchev–Trinajstić information content (AvgIpc) is 2.64. The van der Waals surface area contributed by atoms with Gasteiger partial charge in [-0.25, -0.2) is 0 Å². The molecule has 116 valence electrons. The van der Waals surface area contributed by atoms with Crippen LogP contribution in [0.5, 0.6) is 0 Å². The Labute approximate surface area is 143 Å². The summed E-state index contributed by atoms with van der Waals surface area (Å²) in [4.78, 5) is 4.67. The molecule has 0 aliphatic heterocycles. The van der Waals surface area contributed by atoms with Gasteiger partial charge in [0.15, 0.2) is 0 Å². The maximum Gasteiger partial charge on any atom is 0.100 e. The maximum absolute atomic E-state index is 5.44. The number of nitrogens with zero attached hydrogens (tertiary/aromatic N) is 1. The van der Waals surface area contributed by atoms with Gasteiger partial charge in [0.2, 0.25) is 0 Å². The molecule has 0 spiro atoms. The number of aryl methyl sites for hydroxylation is 1. The van der Waals surface area contributed by atoms with Gasteiger partial charge in [0, 0.05) is 11.1 Å². The van der Waals surface area contributed by atoms with E-state index < -0.39 is 0 Å². The highest BCUT2D eigenvalue weighted by molar-refractivity contribution is 6.16. The third-order valence-corrected chi connectivity index (χ3v) is 3.92. The van der Waals surface area contributed by atoms with Crippen LogP contribution in [0, 0.1) is 19.3 Å². The minimum absolute atomic E-state index is 0.368. The van der Waals surface area contributed by atoms with Gasteiger partial charge in [-0.1, -0.05) is 90.3 Å². The molecule has 0 heterocycles. The molecule has 0 radical (unpaired) electrons. The molecule has 0 aliphatic carbocycles. The summed E-state index contributed by atoms with van der Waals surface area (Å²) in [6.45, 7) is 2.46. The lowest BCUT2D eigenvalue weighted by atomic mass is 9.93. The predicted molar refractivity (Wildman–Crippen MR) is 102 cm³/mol. The Hall–Kier alpha value is -3.11. The lowest BCUT2D eigenvalue weighted by molar-refractivity contribution is 1.28. The van der Waals surface area contributed by atoms with Crippen LogP contribution in [0.2, 0.25) is 0 Å². The van der Waals surface area contributed by atoms with E-state index >= 15 is 0 Å². The van der Waals surface area contributed by atoms with Gasteiger partial charge in [-0.3, -0.25) is 4.99 Å². The average molecular weight is 309 g/mol. The van der Waals surface area contributed by atoms with Gasteiger partial charge in [-0.15, -0.1) is 6.42 Å². The summed E-state index contributed by atoms with van der Waals surface area (Å²) in [6.07, 6.45) is 5.44. The molecule has 0 bridgehead atoms. The van der Waals surface area contributed by atoms with Crippen molar-refractivity contribution in [3.8, 4) is 23.5 Å². The van der Waals surface area contributed by atoms with Crippen LogP contribution in [0.25, 0.3) is 11.1 Å². The molecule has 0 atom stereocenters. The highest BCUT2D eigenvalue weighted by Gasteiger charge is 2.12. The van der Waals surface area contributed by atoms with E-state index in [0.29, 0.717) is 6.54 Å². The van der Waals surface area contributed by atoms with E-state index in [1.807, 2.05) is 24.3 Å². The first-order valence-electron chi connectivity index (χ1n) is 7.99. The van der Waals surface area contributed by atoms with Crippen LogP contribution in [0.3, 0.4) is 0 Å². The fourth-order valence-corrected chi connectivity index (χ4v) is 2.73. The van der Waals surface area contributed by atoms with Gasteiger partial charge in [-0.2, -0.15) is 0 Å². The molecule has 3 aromatic rings. The maximum atomic E-state index is 5.44. The van der Waals surface area contributed by atoms with Crippen molar-refractivity contribution in [3.05, 3.63) is 95.6 Å². The van der Waals surface area contributed by atoms with Gasteiger partial charge in [-0.05, 0) is 18.1 Å². The molecular formula is C23H19N. The number of hydrogen-bond donors (Lipinski definition) is 0. The predicted octanol–water partition coefficient (Wildman–Crippen LogP) is 5.13. The van der Waals surface area contributed by atoms with Crippen molar-refractivity contribution in [2.75, 3.05) is 6.54 Å². The molecule has 1 nitrogen and oxygen atoms in total. The summed E-state index contributed by atoms with van der Waals surface area (Å²) >= 11 is 0. The first kappa shape index (κ1) is 15.8. The van der Waals surface area contributed by atoms with Crippen molar-refractivity contribution in [1.82, 2.24) is 0 Å². The lowest BCUT2D eigenvalue weighted by Crippen LogP contribution is -2.06. The molecule has 0 saturated heterocycles. The highest BCUT2D eigenvalue weighted by atomic mass is 14.7. The van der Waals surface area contributed by atoms with E-state index in [2.05, 4.69) is 72.4 Å². The zero-order chi connectivity index (χ0) is 16.8. The van der Waals surface area contributed by atoms with E-state index in [1.165, 1.54) is 11.1 Å². The Bertz CT molecular complexity index is 881. The van der Waals surface area contributed by atoms with Crippen molar-refractivity contribution in [1.29, 1.82) is 0 Å². The van der Waals surface area contributed by atoms with Crippen LogP contribution >= 0.6 is 0 Å². The molecule has 0 N–H and O–H groups in total. The fourth-order valence-electron chi connectivity index (χ4n) is 2.73. The SMILES string of the molecule is C#CCN=C(c1ccccc1)c1ccccc1-c1ccc(C)cc1. The Kier molecular flexibility index (Phi) is 4.89. The fraction of sp³-hybridized carbons (Fsp3) is 0.0870. The molecule has 3 aromatic carbocycles. The topological polar surface area (TPSA) is 12.4 Å². The monoisotopic (exact) mass is 309 g/mol. The summed E-state index contributed by atoms with van der Waals surface area (Å²) in [5, 5.41) is 0. The minimum atomic E-state index is 0.368. The standard InChI is InChI=1S/C23H19N/c1-3-17-24-23(20-9-5-4-6-10-20)22-12-8-7-11-21(22)19-15-13-18(2)14-16-19/h1,4-16H,17H2,2H3. The molecule has 0 fully saturated rings. The van der Waals surface area contributed by atoms with Crippen LogP contribution in [0.15, 0.2) is 83.9 Å². The molecule has 0 unspecified atom stereocenters. The van der Waals surface area contributed by atoms with Crippen molar-refractivity contribution in [2.24, 2.45) is 4.99 Å². The van der Waals surface area contributed by atoms with E-state index in [1.54, 1.807) is 0 Å². The summed E-state index contributed by atoms with van der Waals surface area (Å²) in [5.41, 5.74) is 6.71.